The Hall–Kier alpha value is -1.91. The van der Waals surface area contributed by atoms with Gasteiger partial charge in [-0.3, -0.25) is 14.6 Å². The molecule has 142 valence electrons. The van der Waals surface area contributed by atoms with Gasteiger partial charge < -0.3 is 10.2 Å². The number of nitrogens with zero attached hydrogens (tertiary/aromatic N) is 2. The van der Waals surface area contributed by atoms with Crippen molar-refractivity contribution in [2.45, 2.75) is 77.3 Å². The normalized spacial score (nSPS) is 21.0. The highest BCUT2D eigenvalue weighted by Crippen LogP contribution is 2.33. The third-order valence-electron chi connectivity index (χ3n) is 5.75. The van der Waals surface area contributed by atoms with E-state index in [1.165, 1.54) is 39.0 Å². The molecule has 26 heavy (non-hydrogen) atoms. The summed E-state index contributed by atoms with van der Waals surface area (Å²) in [6, 6.07) is 5.99. The zero-order valence-electron chi connectivity index (χ0n) is 15.9. The number of pyridine rings is 1. The van der Waals surface area contributed by atoms with E-state index in [1.807, 2.05) is 23.1 Å². The van der Waals surface area contributed by atoms with Crippen LogP contribution in [0.5, 0.6) is 0 Å². The molecule has 1 N–H and O–H groups in total. The maximum absolute atomic E-state index is 12.8. The molecule has 2 aliphatic rings. The van der Waals surface area contributed by atoms with Crippen LogP contribution in [0.2, 0.25) is 0 Å². The quantitative estimate of drug-likeness (QED) is 0.843. The minimum absolute atomic E-state index is 0.0578. The molecule has 2 amide bonds. The molecule has 0 bridgehead atoms. The standard InChI is InChI=1S/C21H31N3O2/c1-16(25)22-15-18-9-5-10-19(23-18)20-11-6-14-24(20)21(26)13-12-17-7-3-2-4-8-17/h5,9-10,17,20H,2-4,6-8,11-15H2,1H3,(H,22,25). The molecule has 5 heteroatoms. The first kappa shape index (κ1) is 18.9. The Bertz CT molecular complexity index is 625. The van der Waals surface area contributed by atoms with Gasteiger partial charge in [-0.05, 0) is 37.3 Å². The number of hydrogen-bond donors (Lipinski definition) is 1. The SMILES string of the molecule is CC(=O)NCc1cccc(C2CCCN2C(=O)CCC2CCCCC2)n1. The molecule has 1 unspecified atom stereocenters. The lowest BCUT2D eigenvalue weighted by atomic mass is 9.86. The Morgan fingerprint density at radius 2 is 1.96 bits per heavy atom. The van der Waals surface area contributed by atoms with Crippen molar-refractivity contribution in [1.29, 1.82) is 0 Å². The number of amides is 2. The molecule has 5 nitrogen and oxygen atoms in total. The largest absolute Gasteiger partial charge is 0.351 e. The Morgan fingerprint density at radius 1 is 1.15 bits per heavy atom. The van der Waals surface area contributed by atoms with E-state index in [1.54, 1.807) is 0 Å². The van der Waals surface area contributed by atoms with Crippen molar-refractivity contribution in [3.63, 3.8) is 0 Å². The van der Waals surface area contributed by atoms with Gasteiger partial charge in [-0.2, -0.15) is 0 Å². The van der Waals surface area contributed by atoms with E-state index < -0.39 is 0 Å². The van der Waals surface area contributed by atoms with Crippen LogP contribution in [0.1, 0.15) is 82.1 Å². The maximum atomic E-state index is 12.8. The van der Waals surface area contributed by atoms with Crippen LogP contribution in [0.25, 0.3) is 0 Å². The molecule has 1 aromatic rings. The number of aromatic nitrogens is 1. The molecule has 0 aromatic carbocycles. The second-order valence-corrected chi connectivity index (χ2v) is 7.75. The van der Waals surface area contributed by atoms with Gasteiger partial charge in [0.15, 0.2) is 0 Å². The van der Waals surface area contributed by atoms with Crippen LogP contribution in [-0.4, -0.2) is 28.2 Å². The van der Waals surface area contributed by atoms with Crippen molar-refractivity contribution in [1.82, 2.24) is 15.2 Å². The molecule has 1 aliphatic carbocycles. The van der Waals surface area contributed by atoms with Crippen LogP contribution in [0.15, 0.2) is 18.2 Å². The maximum Gasteiger partial charge on any atom is 0.223 e. The summed E-state index contributed by atoms with van der Waals surface area (Å²) in [5.74, 6) is 0.970. The lowest BCUT2D eigenvalue weighted by Gasteiger charge is -2.26. The molecule has 1 saturated heterocycles. The minimum atomic E-state index is -0.0578. The number of nitrogens with one attached hydrogen (secondary N) is 1. The second-order valence-electron chi connectivity index (χ2n) is 7.75. The predicted octanol–water partition coefficient (Wildman–Crippen LogP) is 3.74. The molecule has 1 aliphatic heterocycles. The van der Waals surface area contributed by atoms with E-state index in [2.05, 4.69) is 5.32 Å². The van der Waals surface area contributed by atoms with Crippen molar-refractivity contribution < 1.29 is 9.59 Å². The molecule has 0 radical (unpaired) electrons. The summed E-state index contributed by atoms with van der Waals surface area (Å²) in [4.78, 5) is 30.7. The van der Waals surface area contributed by atoms with Crippen molar-refractivity contribution in [3.05, 3.63) is 29.6 Å². The lowest BCUT2D eigenvalue weighted by Crippen LogP contribution is -2.31. The number of carbonyl (C=O) groups excluding carboxylic acids is 2. The number of rotatable bonds is 6. The van der Waals surface area contributed by atoms with Gasteiger partial charge in [0, 0.05) is 19.9 Å². The molecular weight excluding hydrogens is 326 g/mol. The van der Waals surface area contributed by atoms with Gasteiger partial charge in [0.2, 0.25) is 11.8 Å². The van der Waals surface area contributed by atoms with Crippen LogP contribution in [-0.2, 0) is 16.1 Å². The smallest absolute Gasteiger partial charge is 0.223 e. The molecule has 3 rings (SSSR count). The predicted molar refractivity (Wildman–Crippen MR) is 101 cm³/mol. The van der Waals surface area contributed by atoms with E-state index in [9.17, 15) is 9.59 Å². The van der Waals surface area contributed by atoms with E-state index in [4.69, 9.17) is 4.98 Å². The molecule has 2 heterocycles. The van der Waals surface area contributed by atoms with Crippen molar-refractivity contribution in [2.75, 3.05) is 6.54 Å². The summed E-state index contributed by atoms with van der Waals surface area (Å²) in [5, 5.41) is 2.79. The van der Waals surface area contributed by atoms with Crippen LogP contribution < -0.4 is 5.32 Å². The molecule has 1 atom stereocenters. The molecule has 1 saturated carbocycles. The zero-order chi connectivity index (χ0) is 18.4. The van der Waals surface area contributed by atoms with Crippen molar-refractivity contribution in [3.8, 4) is 0 Å². The van der Waals surface area contributed by atoms with Crippen molar-refractivity contribution in [2.24, 2.45) is 5.92 Å². The Morgan fingerprint density at radius 3 is 2.73 bits per heavy atom. The Balaban J connectivity index is 1.59. The summed E-state index contributed by atoms with van der Waals surface area (Å²) in [7, 11) is 0. The highest BCUT2D eigenvalue weighted by Gasteiger charge is 2.31. The third kappa shape index (κ3) is 5.05. The van der Waals surface area contributed by atoms with E-state index in [0.717, 1.165) is 43.1 Å². The van der Waals surface area contributed by atoms with Gasteiger partial charge in [0.25, 0.3) is 0 Å². The number of carbonyl (C=O) groups is 2. The van der Waals surface area contributed by atoms with E-state index in [-0.39, 0.29) is 17.9 Å². The monoisotopic (exact) mass is 357 g/mol. The summed E-state index contributed by atoms with van der Waals surface area (Å²) in [6.07, 6.45) is 10.3. The highest BCUT2D eigenvalue weighted by atomic mass is 16.2. The average Bonchev–Trinajstić information content (AvgIpc) is 3.15. The molecule has 2 fully saturated rings. The summed E-state index contributed by atoms with van der Waals surface area (Å²) >= 11 is 0. The van der Waals surface area contributed by atoms with Gasteiger partial charge in [-0.25, -0.2) is 0 Å². The van der Waals surface area contributed by atoms with Gasteiger partial charge >= 0.3 is 0 Å². The van der Waals surface area contributed by atoms with Crippen LogP contribution >= 0.6 is 0 Å². The summed E-state index contributed by atoms with van der Waals surface area (Å²) < 4.78 is 0. The molecule has 1 aromatic heterocycles. The fraction of sp³-hybridized carbons (Fsp3) is 0.667. The average molecular weight is 357 g/mol. The van der Waals surface area contributed by atoms with Gasteiger partial charge in [0.1, 0.15) is 0 Å². The highest BCUT2D eigenvalue weighted by molar-refractivity contribution is 5.77. The Kier molecular flexibility index (Phi) is 6.64. The van der Waals surface area contributed by atoms with Crippen LogP contribution in [0.4, 0.5) is 0 Å². The van der Waals surface area contributed by atoms with Gasteiger partial charge in [0.05, 0.1) is 24.0 Å². The Labute approximate surface area is 156 Å². The number of likely N-dealkylation sites (tertiary alicyclic amines) is 1. The topological polar surface area (TPSA) is 62.3 Å². The fourth-order valence-corrected chi connectivity index (χ4v) is 4.32. The van der Waals surface area contributed by atoms with Crippen LogP contribution in [0.3, 0.4) is 0 Å². The summed E-state index contributed by atoms with van der Waals surface area (Å²) in [6.45, 7) is 2.78. The second kappa shape index (κ2) is 9.15. The number of hydrogen-bond acceptors (Lipinski definition) is 3. The summed E-state index contributed by atoms with van der Waals surface area (Å²) in [5.41, 5.74) is 1.80. The zero-order valence-corrected chi connectivity index (χ0v) is 15.9. The fourth-order valence-electron chi connectivity index (χ4n) is 4.32. The first-order valence-corrected chi connectivity index (χ1v) is 10.1. The van der Waals surface area contributed by atoms with E-state index in [0.29, 0.717) is 13.0 Å². The lowest BCUT2D eigenvalue weighted by molar-refractivity contribution is -0.132. The first-order chi connectivity index (χ1) is 12.6. The molecule has 0 spiro atoms. The van der Waals surface area contributed by atoms with Crippen LogP contribution in [0, 0.1) is 5.92 Å². The van der Waals surface area contributed by atoms with Gasteiger partial charge in [-0.15, -0.1) is 0 Å². The minimum Gasteiger partial charge on any atom is -0.351 e. The third-order valence-corrected chi connectivity index (χ3v) is 5.75. The van der Waals surface area contributed by atoms with E-state index >= 15 is 0 Å². The first-order valence-electron chi connectivity index (χ1n) is 10.1. The van der Waals surface area contributed by atoms with Crippen molar-refractivity contribution >= 4 is 11.8 Å². The molecular formula is C21H31N3O2. The van der Waals surface area contributed by atoms with Gasteiger partial charge in [-0.1, -0.05) is 38.2 Å².